The number of carbonyl (C=O) groups excluding carboxylic acids is 1. The summed E-state index contributed by atoms with van der Waals surface area (Å²) in [7, 11) is 1.38. The van der Waals surface area contributed by atoms with Gasteiger partial charge in [-0.25, -0.2) is 0 Å². The van der Waals surface area contributed by atoms with Crippen molar-refractivity contribution in [2.45, 2.75) is 44.2 Å². The highest BCUT2D eigenvalue weighted by molar-refractivity contribution is 5.69. The molecule has 0 radical (unpaired) electrons. The van der Waals surface area contributed by atoms with Crippen molar-refractivity contribution in [3.63, 3.8) is 0 Å². The molecule has 0 amide bonds. The molecule has 0 heterocycles. The van der Waals surface area contributed by atoms with Crippen molar-refractivity contribution in [3.8, 4) is 0 Å². The van der Waals surface area contributed by atoms with Crippen LogP contribution in [0.15, 0.2) is 0 Å². The minimum atomic E-state index is -0.227. The zero-order chi connectivity index (χ0) is 10.4. The van der Waals surface area contributed by atoms with Crippen LogP contribution in [0.2, 0.25) is 0 Å². The van der Waals surface area contributed by atoms with Crippen LogP contribution in [0.5, 0.6) is 0 Å². The Bertz CT molecular complexity index is 184. The van der Waals surface area contributed by atoms with Gasteiger partial charge in [0.25, 0.3) is 0 Å². The first kappa shape index (κ1) is 11.5. The molecule has 0 bridgehead atoms. The summed E-state index contributed by atoms with van der Waals surface area (Å²) in [5.41, 5.74) is 5.89. The van der Waals surface area contributed by atoms with Gasteiger partial charge in [-0.3, -0.25) is 4.79 Å². The number of carbonyl (C=O) groups is 1. The lowest BCUT2D eigenvalue weighted by Gasteiger charge is -2.28. The molecule has 4 heteroatoms. The summed E-state index contributed by atoms with van der Waals surface area (Å²) in [5.74, 6) is -0.227. The lowest BCUT2D eigenvalue weighted by molar-refractivity contribution is -0.142. The molecule has 0 spiro atoms. The predicted octanol–water partition coefficient (Wildman–Crippen LogP) is 0.836. The van der Waals surface area contributed by atoms with E-state index in [1.54, 1.807) is 0 Å². The van der Waals surface area contributed by atoms with E-state index in [0.717, 1.165) is 12.8 Å². The molecule has 1 aliphatic rings. The molecule has 2 atom stereocenters. The second kappa shape index (κ2) is 5.98. The third-order valence-corrected chi connectivity index (χ3v) is 2.62. The van der Waals surface area contributed by atoms with E-state index < -0.39 is 0 Å². The quantitative estimate of drug-likeness (QED) is 0.684. The van der Waals surface area contributed by atoms with E-state index in [9.17, 15) is 4.79 Å². The van der Waals surface area contributed by atoms with Crippen molar-refractivity contribution >= 4 is 5.97 Å². The second-order valence-electron chi connectivity index (χ2n) is 3.68. The number of methoxy groups -OCH3 is 1. The van der Waals surface area contributed by atoms with Gasteiger partial charge in [-0.1, -0.05) is 12.8 Å². The normalized spacial score (nSPS) is 27.3. The van der Waals surface area contributed by atoms with Gasteiger partial charge in [0.1, 0.15) is 0 Å². The van der Waals surface area contributed by atoms with E-state index in [1.807, 2.05) is 0 Å². The molecule has 0 aromatic carbocycles. The summed E-state index contributed by atoms with van der Waals surface area (Å²) in [6, 6.07) is 0.140. The smallest absolute Gasteiger partial charge is 0.307 e. The van der Waals surface area contributed by atoms with Crippen molar-refractivity contribution in [3.05, 3.63) is 0 Å². The van der Waals surface area contributed by atoms with Crippen LogP contribution in [0.1, 0.15) is 32.1 Å². The van der Waals surface area contributed by atoms with Crippen LogP contribution >= 0.6 is 0 Å². The van der Waals surface area contributed by atoms with Crippen LogP contribution in [0.4, 0.5) is 0 Å². The zero-order valence-corrected chi connectivity index (χ0v) is 8.70. The SMILES string of the molecule is COC(=O)CCOC1CCCCC1N. The highest BCUT2D eigenvalue weighted by Crippen LogP contribution is 2.19. The molecule has 2 unspecified atom stereocenters. The Morgan fingerprint density at radius 2 is 2.14 bits per heavy atom. The summed E-state index contributed by atoms with van der Waals surface area (Å²) in [6.45, 7) is 0.422. The van der Waals surface area contributed by atoms with Gasteiger partial charge in [-0.2, -0.15) is 0 Å². The van der Waals surface area contributed by atoms with Crippen molar-refractivity contribution in [1.29, 1.82) is 0 Å². The topological polar surface area (TPSA) is 61.5 Å². The van der Waals surface area contributed by atoms with Gasteiger partial charge >= 0.3 is 5.97 Å². The van der Waals surface area contributed by atoms with Crippen molar-refractivity contribution < 1.29 is 14.3 Å². The molecular weight excluding hydrogens is 182 g/mol. The van der Waals surface area contributed by atoms with Gasteiger partial charge in [0.05, 0.1) is 26.2 Å². The summed E-state index contributed by atoms with van der Waals surface area (Å²) >= 11 is 0. The third kappa shape index (κ3) is 3.64. The fourth-order valence-corrected chi connectivity index (χ4v) is 1.73. The van der Waals surface area contributed by atoms with Crippen LogP contribution in [0.3, 0.4) is 0 Å². The number of esters is 1. The van der Waals surface area contributed by atoms with Crippen LogP contribution in [-0.2, 0) is 14.3 Å². The summed E-state index contributed by atoms with van der Waals surface area (Å²) in [4.78, 5) is 10.8. The zero-order valence-electron chi connectivity index (χ0n) is 8.70. The Morgan fingerprint density at radius 3 is 2.79 bits per heavy atom. The summed E-state index contributed by atoms with van der Waals surface area (Å²) in [6.07, 6.45) is 4.87. The maximum Gasteiger partial charge on any atom is 0.307 e. The molecule has 1 aliphatic carbocycles. The van der Waals surface area contributed by atoms with Gasteiger partial charge in [-0.15, -0.1) is 0 Å². The molecule has 0 aromatic heterocycles. The number of hydrogen-bond acceptors (Lipinski definition) is 4. The number of hydrogen-bond donors (Lipinski definition) is 1. The molecule has 4 nitrogen and oxygen atoms in total. The predicted molar refractivity (Wildman–Crippen MR) is 52.8 cm³/mol. The van der Waals surface area contributed by atoms with Gasteiger partial charge in [0, 0.05) is 6.04 Å². The van der Waals surface area contributed by atoms with Crippen LogP contribution in [0.25, 0.3) is 0 Å². The lowest BCUT2D eigenvalue weighted by Crippen LogP contribution is -2.39. The van der Waals surface area contributed by atoms with Crippen molar-refractivity contribution in [2.75, 3.05) is 13.7 Å². The van der Waals surface area contributed by atoms with E-state index >= 15 is 0 Å². The van der Waals surface area contributed by atoms with E-state index in [4.69, 9.17) is 10.5 Å². The molecular formula is C10H19NO3. The Morgan fingerprint density at radius 1 is 1.43 bits per heavy atom. The van der Waals surface area contributed by atoms with Gasteiger partial charge in [-0.05, 0) is 12.8 Å². The molecule has 14 heavy (non-hydrogen) atoms. The third-order valence-electron chi connectivity index (χ3n) is 2.62. The lowest BCUT2D eigenvalue weighted by atomic mass is 9.93. The van der Waals surface area contributed by atoms with Gasteiger partial charge < -0.3 is 15.2 Å². The van der Waals surface area contributed by atoms with E-state index in [-0.39, 0.29) is 18.1 Å². The minimum absolute atomic E-state index is 0.133. The first-order chi connectivity index (χ1) is 6.74. The van der Waals surface area contributed by atoms with E-state index in [2.05, 4.69) is 4.74 Å². The molecule has 1 rings (SSSR count). The second-order valence-corrected chi connectivity index (χ2v) is 3.68. The van der Waals surface area contributed by atoms with Crippen molar-refractivity contribution in [2.24, 2.45) is 5.73 Å². The molecule has 0 aliphatic heterocycles. The number of rotatable bonds is 4. The fraction of sp³-hybridized carbons (Fsp3) is 0.900. The first-order valence-electron chi connectivity index (χ1n) is 5.18. The average Bonchev–Trinajstić information content (AvgIpc) is 2.20. The molecule has 0 aromatic rings. The van der Waals surface area contributed by atoms with Gasteiger partial charge in [0.2, 0.25) is 0 Å². The van der Waals surface area contributed by atoms with Crippen LogP contribution < -0.4 is 5.73 Å². The summed E-state index contributed by atoms with van der Waals surface area (Å²) < 4.78 is 10.1. The Kier molecular flexibility index (Phi) is 4.90. The van der Waals surface area contributed by atoms with Crippen LogP contribution in [0, 0.1) is 0 Å². The fourth-order valence-electron chi connectivity index (χ4n) is 1.73. The molecule has 82 valence electrons. The van der Waals surface area contributed by atoms with Crippen molar-refractivity contribution in [1.82, 2.24) is 0 Å². The standard InChI is InChI=1S/C10H19NO3/c1-13-10(12)6-7-14-9-5-3-2-4-8(9)11/h8-9H,2-7,11H2,1H3. The number of ether oxygens (including phenoxy) is 2. The Labute approximate surface area is 84.7 Å². The Balaban J connectivity index is 2.13. The maximum atomic E-state index is 10.8. The van der Waals surface area contributed by atoms with E-state index in [1.165, 1.54) is 20.0 Å². The largest absolute Gasteiger partial charge is 0.469 e. The molecule has 1 saturated carbocycles. The minimum Gasteiger partial charge on any atom is -0.469 e. The summed E-state index contributed by atoms with van der Waals surface area (Å²) in [5, 5.41) is 0. The first-order valence-corrected chi connectivity index (χ1v) is 5.18. The average molecular weight is 201 g/mol. The van der Waals surface area contributed by atoms with Crippen LogP contribution in [-0.4, -0.2) is 31.8 Å². The monoisotopic (exact) mass is 201 g/mol. The highest BCUT2D eigenvalue weighted by atomic mass is 16.5. The highest BCUT2D eigenvalue weighted by Gasteiger charge is 2.22. The molecule has 1 fully saturated rings. The molecule has 2 N–H and O–H groups in total. The van der Waals surface area contributed by atoms with E-state index in [0.29, 0.717) is 13.0 Å². The molecule has 0 saturated heterocycles. The number of nitrogens with two attached hydrogens (primary N) is 1. The van der Waals surface area contributed by atoms with Gasteiger partial charge in [0.15, 0.2) is 0 Å². The maximum absolute atomic E-state index is 10.8. The Hall–Kier alpha value is -0.610.